The molecule has 1 unspecified atom stereocenters. The molecular formula is C31H21Br. The van der Waals surface area contributed by atoms with Gasteiger partial charge < -0.3 is 0 Å². The summed E-state index contributed by atoms with van der Waals surface area (Å²) in [7, 11) is 0. The second kappa shape index (κ2) is 7.62. The lowest BCUT2D eigenvalue weighted by Gasteiger charge is -2.34. The van der Waals surface area contributed by atoms with Gasteiger partial charge >= 0.3 is 0 Å². The van der Waals surface area contributed by atoms with Crippen molar-refractivity contribution in [2.45, 2.75) is 5.41 Å². The van der Waals surface area contributed by atoms with Crippen LogP contribution in [0.15, 0.2) is 132 Å². The zero-order valence-corrected chi connectivity index (χ0v) is 19.1. The Kier molecular flexibility index (Phi) is 4.59. The van der Waals surface area contributed by atoms with E-state index >= 15 is 0 Å². The van der Waals surface area contributed by atoms with Gasteiger partial charge in [-0.05, 0) is 56.6 Å². The summed E-state index contributed by atoms with van der Waals surface area (Å²) in [4.78, 5) is 0. The second-order valence-corrected chi connectivity index (χ2v) is 9.13. The number of hydrogen-bond donors (Lipinski definition) is 0. The molecule has 0 fully saturated rings. The minimum atomic E-state index is -0.391. The van der Waals surface area contributed by atoms with Crippen LogP contribution in [-0.2, 0) is 5.41 Å². The third kappa shape index (κ3) is 2.75. The standard InChI is InChI=1S/C31H21Br/c32-29-20-10-18-27-26-17-7-8-19-28(26)31(30(27)29,24-14-5-2-6-15-24)25-16-9-13-23(21-25)22-11-3-1-4-12-22/h1-21H. The maximum atomic E-state index is 3.94. The van der Waals surface area contributed by atoms with E-state index in [9.17, 15) is 0 Å². The van der Waals surface area contributed by atoms with Crippen molar-refractivity contribution in [1.29, 1.82) is 0 Å². The molecule has 0 heterocycles. The summed E-state index contributed by atoms with van der Waals surface area (Å²) < 4.78 is 1.14. The van der Waals surface area contributed by atoms with Gasteiger partial charge in [0.25, 0.3) is 0 Å². The predicted octanol–water partition coefficient (Wildman–Crippen LogP) is 8.48. The smallest absolute Gasteiger partial charge is 0.0622 e. The number of hydrogen-bond acceptors (Lipinski definition) is 0. The summed E-state index contributed by atoms with van der Waals surface area (Å²) in [6.07, 6.45) is 0. The van der Waals surface area contributed by atoms with Crippen molar-refractivity contribution in [2.75, 3.05) is 0 Å². The molecule has 1 heteroatoms. The molecule has 0 bridgehead atoms. The van der Waals surface area contributed by atoms with Gasteiger partial charge in [0, 0.05) is 4.47 Å². The predicted molar refractivity (Wildman–Crippen MR) is 137 cm³/mol. The van der Waals surface area contributed by atoms with Crippen LogP contribution in [0.1, 0.15) is 22.3 Å². The molecule has 6 rings (SSSR count). The van der Waals surface area contributed by atoms with Crippen LogP contribution in [0.2, 0.25) is 0 Å². The summed E-state index contributed by atoms with van der Waals surface area (Å²) in [5, 5.41) is 0. The van der Waals surface area contributed by atoms with Gasteiger partial charge in [-0.2, -0.15) is 0 Å². The Labute approximate surface area is 197 Å². The van der Waals surface area contributed by atoms with Gasteiger partial charge in [0.2, 0.25) is 0 Å². The van der Waals surface area contributed by atoms with E-state index in [0.29, 0.717) is 0 Å². The summed E-state index contributed by atoms with van der Waals surface area (Å²) in [5.41, 5.74) is 9.88. The first-order valence-electron chi connectivity index (χ1n) is 10.9. The van der Waals surface area contributed by atoms with Crippen LogP contribution in [0, 0.1) is 0 Å². The van der Waals surface area contributed by atoms with Crippen molar-refractivity contribution in [3.05, 3.63) is 154 Å². The van der Waals surface area contributed by atoms with Crippen LogP contribution in [0.4, 0.5) is 0 Å². The van der Waals surface area contributed by atoms with Gasteiger partial charge in [0.05, 0.1) is 5.41 Å². The van der Waals surface area contributed by atoms with E-state index < -0.39 is 5.41 Å². The van der Waals surface area contributed by atoms with Crippen LogP contribution in [0.3, 0.4) is 0 Å². The molecule has 0 radical (unpaired) electrons. The topological polar surface area (TPSA) is 0 Å². The highest BCUT2D eigenvalue weighted by atomic mass is 79.9. The Balaban J connectivity index is 1.75. The van der Waals surface area contributed by atoms with Crippen molar-refractivity contribution >= 4 is 15.9 Å². The SMILES string of the molecule is Brc1cccc2c1C(c1ccccc1)(c1cccc(-c3ccccc3)c1)c1ccccc1-2. The fraction of sp³-hybridized carbons (Fsp3) is 0.0323. The lowest BCUT2D eigenvalue weighted by molar-refractivity contribution is 0.764. The molecule has 5 aromatic rings. The molecule has 0 saturated heterocycles. The largest absolute Gasteiger partial charge is 0.0724 e. The van der Waals surface area contributed by atoms with Crippen LogP contribution in [0.5, 0.6) is 0 Å². The molecule has 5 aromatic carbocycles. The molecule has 1 aliphatic carbocycles. The van der Waals surface area contributed by atoms with E-state index in [0.717, 1.165) is 4.47 Å². The first kappa shape index (κ1) is 19.3. The Hall–Kier alpha value is -3.42. The summed E-state index contributed by atoms with van der Waals surface area (Å²) in [5.74, 6) is 0. The van der Waals surface area contributed by atoms with Gasteiger partial charge in [-0.1, -0.05) is 131 Å². The highest BCUT2D eigenvalue weighted by Gasteiger charge is 2.47. The molecule has 0 N–H and O–H groups in total. The lowest BCUT2D eigenvalue weighted by atomic mass is 9.67. The Morgan fingerprint density at radius 1 is 0.469 bits per heavy atom. The Morgan fingerprint density at radius 3 is 1.88 bits per heavy atom. The van der Waals surface area contributed by atoms with Gasteiger partial charge in [-0.15, -0.1) is 0 Å². The zero-order chi connectivity index (χ0) is 21.5. The fourth-order valence-electron chi connectivity index (χ4n) is 5.33. The number of rotatable bonds is 3. The van der Waals surface area contributed by atoms with Gasteiger partial charge in [0.1, 0.15) is 0 Å². The third-order valence-corrected chi connectivity index (χ3v) is 7.28. The molecule has 0 nitrogen and oxygen atoms in total. The molecule has 1 aliphatic rings. The van der Waals surface area contributed by atoms with Crippen molar-refractivity contribution < 1.29 is 0 Å². The van der Waals surface area contributed by atoms with Gasteiger partial charge in [-0.3, -0.25) is 0 Å². The van der Waals surface area contributed by atoms with E-state index in [1.165, 1.54) is 44.5 Å². The van der Waals surface area contributed by atoms with Crippen molar-refractivity contribution in [3.8, 4) is 22.3 Å². The van der Waals surface area contributed by atoms with Gasteiger partial charge in [-0.25, -0.2) is 0 Å². The summed E-state index contributed by atoms with van der Waals surface area (Å²) >= 11 is 3.94. The molecule has 0 spiro atoms. The molecule has 152 valence electrons. The molecule has 0 saturated carbocycles. The Morgan fingerprint density at radius 2 is 1.06 bits per heavy atom. The summed E-state index contributed by atoms with van der Waals surface area (Å²) in [6, 6.07) is 46.0. The molecule has 0 aliphatic heterocycles. The van der Waals surface area contributed by atoms with E-state index in [1.54, 1.807) is 0 Å². The average molecular weight is 473 g/mol. The highest BCUT2D eigenvalue weighted by Crippen LogP contribution is 2.58. The quantitative estimate of drug-likeness (QED) is 0.242. The summed E-state index contributed by atoms with van der Waals surface area (Å²) in [6.45, 7) is 0. The molecule has 0 amide bonds. The molecule has 32 heavy (non-hydrogen) atoms. The monoisotopic (exact) mass is 472 g/mol. The zero-order valence-electron chi connectivity index (χ0n) is 17.5. The second-order valence-electron chi connectivity index (χ2n) is 8.27. The van der Waals surface area contributed by atoms with Crippen molar-refractivity contribution in [2.24, 2.45) is 0 Å². The fourth-order valence-corrected chi connectivity index (χ4v) is 5.99. The van der Waals surface area contributed by atoms with Crippen molar-refractivity contribution in [3.63, 3.8) is 0 Å². The highest BCUT2D eigenvalue weighted by molar-refractivity contribution is 9.10. The van der Waals surface area contributed by atoms with E-state index in [2.05, 4.69) is 143 Å². The maximum absolute atomic E-state index is 3.94. The Bertz CT molecular complexity index is 1420. The van der Waals surface area contributed by atoms with Gasteiger partial charge in [0.15, 0.2) is 0 Å². The van der Waals surface area contributed by atoms with E-state index in [1.807, 2.05) is 0 Å². The molecule has 0 aromatic heterocycles. The van der Waals surface area contributed by atoms with E-state index in [-0.39, 0.29) is 0 Å². The van der Waals surface area contributed by atoms with Crippen LogP contribution in [0.25, 0.3) is 22.3 Å². The van der Waals surface area contributed by atoms with E-state index in [4.69, 9.17) is 0 Å². The minimum Gasteiger partial charge on any atom is -0.0622 e. The number of benzene rings is 5. The molecule has 1 atom stereocenters. The molecular weight excluding hydrogens is 452 g/mol. The lowest BCUT2D eigenvalue weighted by Crippen LogP contribution is -2.29. The number of fused-ring (bicyclic) bond motifs is 3. The van der Waals surface area contributed by atoms with Crippen molar-refractivity contribution in [1.82, 2.24) is 0 Å². The van der Waals surface area contributed by atoms with Crippen LogP contribution < -0.4 is 0 Å². The first-order chi connectivity index (χ1) is 15.8. The maximum Gasteiger partial charge on any atom is 0.0724 e. The minimum absolute atomic E-state index is 0.391. The first-order valence-corrected chi connectivity index (χ1v) is 11.7. The normalized spacial score (nSPS) is 16.4. The number of halogens is 1. The van der Waals surface area contributed by atoms with Crippen LogP contribution >= 0.6 is 15.9 Å². The average Bonchev–Trinajstić information content (AvgIpc) is 3.18. The third-order valence-electron chi connectivity index (χ3n) is 6.62. The van der Waals surface area contributed by atoms with Crippen LogP contribution in [-0.4, -0.2) is 0 Å².